The lowest BCUT2D eigenvalue weighted by atomic mass is 10.1. The SMILES string of the molecule is CCCCCCCOc1cc(F)ccc1C(C)O. The second kappa shape index (κ2) is 8.09. The van der Waals surface area contributed by atoms with E-state index in [1.54, 1.807) is 13.0 Å². The molecular weight excluding hydrogens is 231 g/mol. The summed E-state index contributed by atoms with van der Waals surface area (Å²) in [6.07, 6.45) is 5.14. The number of hydrogen-bond acceptors (Lipinski definition) is 2. The minimum absolute atomic E-state index is 0.333. The topological polar surface area (TPSA) is 29.5 Å². The molecule has 0 spiro atoms. The molecule has 0 aliphatic heterocycles. The third-order valence-electron chi connectivity index (χ3n) is 2.93. The Morgan fingerprint density at radius 1 is 1.22 bits per heavy atom. The summed E-state index contributed by atoms with van der Waals surface area (Å²) < 4.78 is 18.7. The molecule has 0 amide bonds. The van der Waals surface area contributed by atoms with Crippen molar-refractivity contribution in [3.63, 3.8) is 0 Å². The third-order valence-corrected chi connectivity index (χ3v) is 2.93. The Hall–Kier alpha value is -1.09. The first-order valence-corrected chi connectivity index (χ1v) is 6.75. The highest BCUT2D eigenvalue weighted by molar-refractivity contribution is 5.35. The highest BCUT2D eigenvalue weighted by Crippen LogP contribution is 2.26. The Morgan fingerprint density at radius 2 is 1.94 bits per heavy atom. The van der Waals surface area contributed by atoms with E-state index in [0.717, 1.165) is 12.8 Å². The summed E-state index contributed by atoms with van der Waals surface area (Å²) in [6, 6.07) is 4.26. The van der Waals surface area contributed by atoms with E-state index >= 15 is 0 Å². The van der Waals surface area contributed by atoms with Gasteiger partial charge in [-0.25, -0.2) is 4.39 Å². The molecule has 1 unspecified atom stereocenters. The number of unbranched alkanes of at least 4 members (excludes halogenated alkanes) is 4. The monoisotopic (exact) mass is 254 g/mol. The molecule has 0 radical (unpaired) electrons. The number of halogens is 1. The molecule has 1 rings (SSSR count). The Balaban J connectivity index is 2.43. The summed E-state index contributed by atoms with van der Waals surface area (Å²) in [4.78, 5) is 0. The average molecular weight is 254 g/mol. The third kappa shape index (κ3) is 5.05. The predicted molar refractivity (Wildman–Crippen MR) is 71.3 cm³/mol. The number of aliphatic hydroxyl groups excluding tert-OH is 1. The maximum atomic E-state index is 13.1. The van der Waals surface area contributed by atoms with Crippen LogP contribution in [0.2, 0.25) is 0 Å². The molecular formula is C15H23FO2. The molecule has 1 N–H and O–H groups in total. The summed E-state index contributed by atoms with van der Waals surface area (Å²) in [6.45, 7) is 4.41. The summed E-state index contributed by atoms with van der Waals surface area (Å²) in [7, 11) is 0. The summed E-state index contributed by atoms with van der Waals surface area (Å²) in [5.74, 6) is 0.126. The van der Waals surface area contributed by atoms with Gasteiger partial charge < -0.3 is 9.84 Å². The highest BCUT2D eigenvalue weighted by atomic mass is 19.1. The number of ether oxygens (including phenoxy) is 1. The number of hydrogen-bond donors (Lipinski definition) is 1. The van der Waals surface area contributed by atoms with Crippen LogP contribution >= 0.6 is 0 Å². The van der Waals surface area contributed by atoms with Crippen LogP contribution in [0.5, 0.6) is 5.75 Å². The second-order valence-corrected chi connectivity index (χ2v) is 4.62. The van der Waals surface area contributed by atoms with Gasteiger partial charge in [0.15, 0.2) is 0 Å². The van der Waals surface area contributed by atoms with Crippen molar-refractivity contribution < 1.29 is 14.2 Å². The van der Waals surface area contributed by atoms with Gasteiger partial charge in [0, 0.05) is 11.6 Å². The summed E-state index contributed by atoms with van der Waals surface area (Å²) >= 11 is 0. The maximum absolute atomic E-state index is 13.1. The fourth-order valence-corrected chi connectivity index (χ4v) is 1.87. The Morgan fingerprint density at radius 3 is 2.61 bits per heavy atom. The fourth-order valence-electron chi connectivity index (χ4n) is 1.87. The first-order valence-electron chi connectivity index (χ1n) is 6.75. The molecule has 0 saturated heterocycles. The standard InChI is InChI=1S/C15H23FO2/c1-3-4-5-6-7-10-18-15-11-13(16)8-9-14(15)12(2)17/h8-9,11-12,17H,3-7,10H2,1-2H3. The van der Waals surface area contributed by atoms with E-state index < -0.39 is 6.10 Å². The van der Waals surface area contributed by atoms with Crippen molar-refractivity contribution in [3.8, 4) is 5.75 Å². The Bertz CT molecular complexity index is 350. The van der Waals surface area contributed by atoms with E-state index in [-0.39, 0.29) is 5.82 Å². The van der Waals surface area contributed by atoms with Crippen molar-refractivity contribution >= 4 is 0 Å². The van der Waals surface area contributed by atoms with Crippen LogP contribution in [0.3, 0.4) is 0 Å². The van der Waals surface area contributed by atoms with Gasteiger partial charge in [-0.1, -0.05) is 32.6 Å². The molecule has 2 nitrogen and oxygen atoms in total. The summed E-state index contributed by atoms with van der Waals surface area (Å²) in [5.41, 5.74) is 0.643. The molecule has 0 fully saturated rings. The maximum Gasteiger partial charge on any atom is 0.127 e. The largest absolute Gasteiger partial charge is 0.493 e. The zero-order valence-electron chi connectivity index (χ0n) is 11.3. The Kier molecular flexibility index (Phi) is 6.73. The quantitative estimate of drug-likeness (QED) is 0.703. The highest BCUT2D eigenvalue weighted by Gasteiger charge is 2.10. The second-order valence-electron chi connectivity index (χ2n) is 4.62. The van der Waals surface area contributed by atoms with Crippen LogP contribution in [-0.2, 0) is 0 Å². The van der Waals surface area contributed by atoms with E-state index in [2.05, 4.69) is 6.92 Å². The molecule has 0 saturated carbocycles. The lowest BCUT2D eigenvalue weighted by Crippen LogP contribution is -2.03. The van der Waals surface area contributed by atoms with Crippen LogP contribution in [0.25, 0.3) is 0 Å². The van der Waals surface area contributed by atoms with Crippen LogP contribution in [-0.4, -0.2) is 11.7 Å². The number of rotatable bonds is 8. The van der Waals surface area contributed by atoms with Crippen LogP contribution < -0.4 is 4.74 Å². The molecule has 1 atom stereocenters. The van der Waals surface area contributed by atoms with Crippen molar-refractivity contribution in [2.24, 2.45) is 0 Å². The minimum atomic E-state index is -0.638. The van der Waals surface area contributed by atoms with E-state index in [9.17, 15) is 9.50 Å². The Labute approximate surface area is 109 Å². The van der Waals surface area contributed by atoms with Gasteiger partial charge in [-0.2, -0.15) is 0 Å². The van der Waals surface area contributed by atoms with E-state index in [1.807, 2.05) is 0 Å². The molecule has 18 heavy (non-hydrogen) atoms. The van der Waals surface area contributed by atoms with Gasteiger partial charge in [0.1, 0.15) is 11.6 Å². The molecule has 0 aliphatic rings. The van der Waals surface area contributed by atoms with Gasteiger partial charge in [-0.3, -0.25) is 0 Å². The predicted octanol–water partition coefficient (Wildman–Crippen LogP) is 4.23. The zero-order chi connectivity index (χ0) is 13.4. The van der Waals surface area contributed by atoms with Crippen molar-refractivity contribution in [3.05, 3.63) is 29.6 Å². The van der Waals surface area contributed by atoms with Crippen LogP contribution in [0.4, 0.5) is 4.39 Å². The fraction of sp³-hybridized carbons (Fsp3) is 0.600. The molecule has 1 aromatic rings. The van der Waals surface area contributed by atoms with Crippen LogP contribution in [0.1, 0.15) is 57.6 Å². The van der Waals surface area contributed by atoms with Crippen LogP contribution in [0, 0.1) is 5.82 Å². The molecule has 0 bridgehead atoms. The molecule has 1 aromatic carbocycles. The van der Waals surface area contributed by atoms with Gasteiger partial charge in [0.05, 0.1) is 12.7 Å². The first kappa shape index (κ1) is 15.0. The van der Waals surface area contributed by atoms with Gasteiger partial charge in [-0.15, -0.1) is 0 Å². The van der Waals surface area contributed by atoms with E-state index in [4.69, 9.17) is 4.74 Å². The molecule has 0 aliphatic carbocycles. The van der Waals surface area contributed by atoms with E-state index in [0.29, 0.717) is 17.9 Å². The number of aliphatic hydroxyl groups is 1. The molecule has 102 valence electrons. The van der Waals surface area contributed by atoms with E-state index in [1.165, 1.54) is 31.4 Å². The van der Waals surface area contributed by atoms with Crippen molar-refractivity contribution in [1.82, 2.24) is 0 Å². The normalized spacial score (nSPS) is 12.4. The number of benzene rings is 1. The molecule has 0 aromatic heterocycles. The van der Waals surface area contributed by atoms with Gasteiger partial charge in [-0.05, 0) is 25.5 Å². The smallest absolute Gasteiger partial charge is 0.127 e. The summed E-state index contributed by atoms with van der Waals surface area (Å²) in [5, 5.41) is 9.57. The van der Waals surface area contributed by atoms with Gasteiger partial charge in [0.2, 0.25) is 0 Å². The lowest BCUT2D eigenvalue weighted by molar-refractivity contribution is 0.190. The average Bonchev–Trinajstić information content (AvgIpc) is 2.33. The molecule has 0 heterocycles. The first-order chi connectivity index (χ1) is 8.65. The lowest BCUT2D eigenvalue weighted by Gasteiger charge is -2.13. The van der Waals surface area contributed by atoms with Gasteiger partial charge >= 0.3 is 0 Å². The van der Waals surface area contributed by atoms with Crippen LogP contribution in [0.15, 0.2) is 18.2 Å². The van der Waals surface area contributed by atoms with Crippen molar-refractivity contribution in [2.75, 3.05) is 6.61 Å². The van der Waals surface area contributed by atoms with Gasteiger partial charge in [0.25, 0.3) is 0 Å². The minimum Gasteiger partial charge on any atom is -0.493 e. The van der Waals surface area contributed by atoms with Crippen molar-refractivity contribution in [2.45, 2.75) is 52.1 Å². The zero-order valence-corrected chi connectivity index (χ0v) is 11.3. The molecule has 3 heteroatoms. The van der Waals surface area contributed by atoms with Crippen molar-refractivity contribution in [1.29, 1.82) is 0 Å².